The van der Waals surface area contributed by atoms with Gasteiger partial charge in [0.2, 0.25) is 5.91 Å². The molecule has 8 heteroatoms. The Balaban J connectivity index is 1.60. The summed E-state index contributed by atoms with van der Waals surface area (Å²) in [6, 6.07) is 19.1. The number of aliphatic imine (C=N–C) groups is 1. The number of esters is 1. The highest BCUT2D eigenvalue weighted by Crippen LogP contribution is 2.37. The summed E-state index contributed by atoms with van der Waals surface area (Å²) in [7, 11) is 1.33. The first-order chi connectivity index (χ1) is 17.1. The molecule has 4 aromatic rings. The summed E-state index contributed by atoms with van der Waals surface area (Å²) in [4.78, 5) is 34.6. The van der Waals surface area contributed by atoms with Gasteiger partial charge in [-0.3, -0.25) is 9.79 Å². The lowest BCUT2D eigenvalue weighted by Crippen LogP contribution is -2.22. The molecule has 1 aromatic heterocycles. The van der Waals surface area contributed by atoms with Crippen molar-refractivity contribution in [3.8, 4) is 0 Å². The van der Waals surface area contributed by atoms with Crippen LogP contribution >= 0.6 is 11.3 Å². The van der Waals surface area contributed by atoms with Crippen LogP contribution in [0.25, 0.3) is 10.2 Å². The Morgan fingerprint density at radius 2 is 1.91 bits per heavy atom. The lowest BCUT2D eigenvalue weighted by Gasteiger charge is -2.14. The number of anilines is 1. The second-order valence-electron chi connectivity index (χ2n) is 8.19. The zero-order valence-corrected chi connectivity index (χ0v) is 20.2. The zero-order valence-electron chi connectivity index (χ0n) is 19.4. The number of benzene rings is 3. The van der Waals surface area contributed by atoms with Crippen molar-refractivity contribution in [2.45, 2.75) is 19.4 Å². The zero-order chi connectivity index (χ0) is 24.4. The van der Waals surface area contributed by atoms with E-state index < -0.39 is 11.9 Å². The number of nitrogens with one attached hydrogen (secondary N) is 2. The Labute approximate surface area is 206 Å². The summed E-state index contributed by atoms with van der Waals surface area (Å²) >= 11 is 1.57. The minimum Gasteiger partial charge on any atom is -0.465 e. The number of amides is 1. The van der Waals surface area contributed by atoms with E-state index in [1.165, 1.54) is 7.11 Å². The number of rotatable bonds is 7. The van der Waals surface area contributed by atoms with Crippen molar-refractivity contribution in [1.82, 2.24) is 10.3 Å². The Kier molecular flexibility index (Phi) is 6.39. The van der Waals surface area contributed by atoms with E-state index in [0.717, 1.165) is 45.7 Å². The van der Waals surface area contributed by atoms with Crippen LogP contribution in [-0.2, 0) is 16.1 Å². The molecule has 1 aliphatic heterocycles. The Hall–Kier alpha value is -3.88. The molecule has 0 radical (unpaired) electrons. The molecule has 7 nitrogen and oxygen atoms in total. The summed E-state index contributed by atoms with van der Waals surface area (Å²) in [6.45, 7) is 3.76. The van der Waals surface area contributed by atoms with Gasteiger partial charge in [0.1, 0.15) is 5.92 Å². The largest absolute Gasteiger partial charge is 0.465 e. The highest BCUT2D eigenvalue weighted by Gasteiger charge is 2.36. The van der Waals surface area contributed by atoms with E-state index in [-0.39, 0.29) is 5.91 Å². The second-order valence-corrected chi connectivity index (χ2v) is 9.08. The summed E-state index contributed by atoms with van der Waals surface area (Å²) < 4.78 is 5.90. The van der Waals surface area contributed by atoms with Gasteiger partial charge < -0.3 is 15.4 Å². The number of hydrogen-bond acceptors (Lipinski definition) is 7. The monoisotopic (exact) mass is 484 g/mol. The third kappa shape index (κ3) is 4.58. The van der Waals surface area contributed by atoms with Crippen LogP contribution in [0, 0.1) is 0 Å². The minimum absolute atomic E-state index is 0.192. The lowest BCUT2D eigenvalue weighted by atomic mass is 9.90. The number of ether oxygens (including phenoxy) is 1. The Bertz CT molecular complexity index is 1440. The highest BCUT2D eigenvalue weighted by molar-refractivity contribution is 7.16. The van der Waals surface area contributed by atoms with Crippen LogP contribution in [0.15, 0.2) is 71.2 Å². The van der Waals surface area contributed by atoms with E-state index in [2.05, 4.69) is 22.5 Å². The van der Waals surface area contributed by atoms with Gasteiger partial charge in [-0.1, -0.05) is 31.2 Å². The average Bonchev–Trinajstić information content (AvgIpc) is 3.48. The first-order valence-corrected chi connectivity index (χ1v) is 12.2. The molecule has 2 heterocycles. The maximum Gasteiger partial charge on any atom is 0.337 e. The van der Waals surface area contributed by atoms with Crippen LogP contribution in [0.5, 0.6) is 0 Å². The Morgan fingerprint density at radius 3 is 2.69 bits per heavy atom. The van der Waals surface area contributed by atoms with Crippen LogP contribution in [0.3, 0.4) is 0 Å². The molecule has 2 N–H and O–H groups in total. The molecule has 1 unspecified atom stereocenters. The quantitative estimate of drug-likeness (QED) is 0.283. The van der Waals surface area contributed by atoms with Crippen molar-refractivity contribution >= 4 is 50.5 Å². The maximum atomic E-state index is 13.2. The molecule has 0 spiro atoms. The fourth-order valence-electron chi connectivity index (χ4n) is 4.19. The minimum atomic E-state index is -0.630. The Morgan fingerprint density at radius 1 is 1.11 bits per heavy atom. The van der Waals surface area contributed by atoms with Crippen molar-refractivity contribution in [3.05, 3.63) is 88.4 Å². The fourth-order valence-corrected chi connectivity index (χ4v) is 4.85. The maximum absolute atomic E-state index is 13.2. The van der Waals surface area contributed by atoms with Gasteiger partial charge in [-0.15, -0.1) is 11.3 Å². The normalized spacial score (nSPS) is 15.2. The standard InChI is InChI=1S/C27H24N4O3S/c1-3-28-14-16-4-8-19(9-5-16)30-25(17-7-11-23-22(12-17)29-15-35-23)24-20-10-6-18(27(33)34-2)13-21(20)31-26(24)32/h4-13,15,24,28H,3,14H2,1-2H3,(H,31,32). The molecule has 176 valence electrons. The highest BCUT2D eigenvalue weighted by atomic mass is 32.1. The number of carbonyl (C=O) groups excluding carboxylic acids is 2. The number of hydrogen-bond donors (Lipinski definition) is 2. The van der Waals surface area contributed by atoms with E-state index in [1.54, 1.807) is 35.0 Å². The van der Waals surface area contributed by atoms with Gasteiger partial charge in [0.15, 0.2) is 0 Å². The molecule has 1 atom stereocenters. The van der Waals surface area contributed by atoms with Crippen molar-refractivity contribution in [1.29, 1.82) is 0 Å². The molecule has 0 saturated carbocycles. The predicted molar refractivity (Wildman–Crippen MR) is 139 cm³/mol. The molecule has 35 heavy (non-hydrogen) atoms. The number of fused-ring (bicyclic) bond motifs is 2. The lowest BCUT2D eigenvalue weighted by molar-refractivity contribution is -0.115. The molecular weight excluding hydrogens is 460 g/mol. The van der Waals surface area contributed by atoms with Gasteiger partial charge in [0.25, 0.3) is 0 Å². The van der Waals surface area contributed by atoms with Crippen LogP contribution in [-0.4, -0.2) is 36.2 Å². The molecule has 3 aromatic carbocycles. The summed E-state index contributed by atoms with van der Waals surface area (Å²) in [5.41, 5.74) is 7.77. The first-order valence-electron chi connectivity index (χ1n) is 11.3. The van der Waals surface area contributed by atoms with Crippen molar-refractivity contribution in [3.63, 3.8) is 0 Å². The smallest absolute Gasteiger partial charge is 0.337 e. The van der Waals surface area contributed by atoms with Crippen LogP contribution in [0.4, 0.5) is 11.4 Å². The van der Waals surface area contributed by atoms with Crippen molar-refractivity contribution in [2.24, 2.45) is 4.99 Å². The molecule has 0 aliphatic carbocycles. The average molecular weight is 485 g/mol. The topological polar surface area (TPSA) is 92.7 Å². The predicted octanol–water partition coefficient (Wildman–Crippen LogP) is 5.05. The van der Waals surface area contributed by atoms with Gasteiger partial charge in [0, 0.05) is 12.2 Å². The molecule has 5 rings (SSSR count). The van der Waals surface area contributed by atoms with Gasteiger partial charge in [-0.05, 0) is 59.6 Å². The van der Waals surface area contributed by atoms with E-state index in [0.29, 0.717) is 17.0 Å². The van der Waals surface area contributed by atoms with Crippen LogP contribution < -0.4 is 10.6 Å². The second kappa shape index (κ2) is 9.77. The van der Waals surface area contributed by atoms with Gasteiger partial charge in [-0.25, -0.2) is 9.78 Å². The van der Waals surface area contributed by atoms with Gasteiger partial charge in [0.05, 0.1) is 39.8 Å². The van der Waals surface area contributed by atoms with Crippen LogP contribution in [0.2, 0.25) is 0 Å². The molecule has 1 amide bonds. The number of methoxy groups -OCH3 is 1. The van der Waals surface area contributed by atoms with E-state index in [9.17, 15) is 9.59 Å². The van der Waals surface area contributed by atoms with Crippen molar-refractivity contribution < 1.29 is 14.3 Å². The molecule has 0 fully saturated rings. The summed E-state index contributed by atoms with van der Waals surface area (Å²) in [6.07, 6.45) is 0. The number of thiazole rings is 1. The molecule has 0 bridgehead atoms. The fraction of sp³-hybridized carbons (Fsp3) is 0.185. The molecular formula is C27H24N4O3S. The van der Waals surface area contributed by atoms with Crippen LogP contribution in [0.1, 0.15) is 39.9 Å². The molecule has 1 aliphatic rings. The summed E-state index contributed by atoms with van der Waals surface area (Å²) in [5, 5.41) is 6.23. The van der Waals surface area contributed by atoms with Gasteiger partial charge >= 0.3 is 5.97 Å². The number of nitrogens with zero attached hydrogens (tertiary/aromatic N) is 2. The van der Waals surface area contributed by atoms with E-state index in [4.69, 9.17) is 9.73 Å². The number of aromatic nitrogens is 1. The number of carbonyl (C=O) groups is 2. The van der Waals surface area contributed by atoms with Crippen molar-refractivity contribution in [2.75, 3.05) is 19.0 Å². The first kappa shape index (κ1) is 22.9. The molecule has 0 saturated heterocycles. The summed E-state index contributed by atoms with van der Waals surface area (Å²) in [5.74, 6) is -1.27. The van der Waals surface area contributed by atoms with E-state index in [1.807, 2.05) is 42.5 Å². The van der Waals surface area contributed by atoms with Gasteiger partial charge in [-0.2, -0.15) is 0 Å². The van der Waals surface area contributed by atoms with E-state index >= 15 is 0 Å². The third-order valence-corrected chi connectivity index (χ3v) is 6.78. The third-order valence-electron chi connectivity index (χ3n) is 5.97. The SMILES string of the molecule is CCNCc1ccc(N=C(c2ccc3scnc3c2)C2C(=O)Nc3cc(C(=O)OC)ccc32)cc1.